The Morgan fingerprint density at radius 3 is 2.57 bits per heavy atom. The van der Waals surface area contributed by atoms with E-state index in [4.69, 9.17) is 4.74 Å². The minimum absolute atomic E-state index is 0.0636. The summed E-state index contributed by atoms with van der Waals surface area (Å²) in [5, 5.41) is 4.88. The van der Waals surface area contributed by atoms with Gasteiger partial charge in [-0.2, -0.15) is 0 Å². The molecule has 1 fully saturated rings. The Morgan fingerprint density at radius 2 is 2.00 bits per heavy atom. The fraction of sp³-hybridized carbons (Fsp3) is 0.471. The third-order valence-corrected chi connectivity index (χ3v) is 3.86. The molecule has 23 heavy (non-hydrogen) atoms. The summed E-state index contributed by atoms with van der Waals surface area (Å²) < 4.78 is 5.32. The van der Waals surface area contributed by atoms with Gasteiger partial charge < -0.3 is 10.1 Å². The lowest BCUT2D eigenvalue weighted by Gasteiger charge is -2.23. The van der Waals surface area contributed by atoms with E-state index < -0.39 is 17.9 Å². The van der Waals surface area contributed by atoms with Gasteiger partial charge in [-0.3, -0.25) is 19.7 Å². The zero-order valence-corrected chi connectivity index (χ0v) is 13.9. The van der Waals surface area contributed by atoms with E-state index in [1.54, 1.807) is 6.07 Å². The number of imide groups is 1. The number of methoxy groups -OCH3 is 1. The number of piperidine rings is 1. The van der Waals surface area contributed by atoms with Gasteiger partial charge in [-0.25, -0.2) is 0 Å². The summed E-state index contributed by atoms with van der Waals surface area (Å²) in [7, 11) is 1.50. The van der Waals surface area contributed by atoms with Crippen LogP contribution in [-0.2, 0) is 15.0 Å². The van der Waals surface area contributed by atoms with E-state index in [0.29, 0.717) is 17.7 Å². The minimum Gasteiger partial charge on any atom is -0.496 e. The second-order valence-corrected chi connectivity index (χ2v) is 6.64. The van der Waals surface area contributed by atoms with Crippen LogP contribution in [0.3, 0.4) is 0 Å². The quantitative estimate of drug-likeness (QED) is 0.828. The summed E-state index contributed by atoms with van der Waals surface area (Å²) in [5.74, 6) is -0.716. The molecule has 0 aromatic heterocycles. The van der Waals surface area contributed by atoms with Crippen molar-refractivity contribution in [3.05, 3.63) is 29.3 Å². The standard InChI is InChI=1S/C17H22N2O4/c1-17(2,3)10-5-6-11(13(9-10)23-4)15(21)18-12-7-8-14(20)19-16(12)22/h5-6,9,12H,7-8H2,1-4H3,(H,18,21)(H,19,20,22). The van der Waals surface area contributed by atoms with E-state index >= 15 is 0 Å². The van der Waals surface area contributed by atoms with Gasteiger partial charge in [-0.05, 0) is 29.5 Å². The highest BCUT2D eigenvalue weighted by atomic mass is 16.5. The number of benzene rings is 1. The number of amides is 3. The van der Waals surface area contributed by atoms with E-state index in [9.17, 15) is 14.4 Å². The largest absolute Gasteiger partial charge is 0.496 e. The molecule has 1 aromatic carbocycles. The highest BCUT2D eigenvalue weighted by molar-refractivity contribution is 6.04. The molecule has 1 aliphatic rings. The van der Waals surface area contributed by atoms with E-state index in [0.717, 1.165) is 5.56 Å². The van der Waals surface area contributed by atoms with E-state index in [1.165, 1.54) is 7.11 Å². The van der Waals surface area contributed by atoms with Crippen LogP contribution in [0, 0.1) is 0 Å². The first-order chi connectivity index (χ1) is 10.7. The molecule has 6 nitrogen and oxygen atoms in total. The lowest BCUT2D eigenvalue weighted by Crippen LogP contribution is -2.52. The van der Waals surface area contributed by atoms with Crippen LogP contribution in [0.2, 0.25) is 0 Å². The maximum absolute atomic E-state index is 12.4. The minimum atomic E-state index is -0.702. The molecule has 0 bridgehead atoms. The van der Waals surface area contributed by atoms with Gasteiger partial charge in [0.15, 0.2) is 0 Å². The maximum Gasteiger partial charge on any atom is 0.255 e. The van der Waals surface area contributed by atoms with Crippen molar-refractivity contribution in [1.82, 2.24) is 10.6 Å². The molecule has 0 radical (unpaired) electrons. The van der Waals surface area contributed by atoms with E-state index in [2.05, 4.69) is 31.4 Å². The van der Waals surface area contributed by atoms with Crippen molar-refractivity contribution in [3.8, 4) is 5.75 Å². The summed E-state index contributed by atoms with van der Waals surface area (Å²) in [6.45, 7) is 6.22. The monoisotopic (exact) mass is 318 g/mol. The Labute approximate surface area is 135 Å². The zero-order valence-electron chi connectivity index (χ0n) is 13.9. The zero-order chi connectivity index (χ0) is 17.2. The second-order valence-electron chi connectivity index (χ2n) is 6.64. The van der Waals surface area contributed by atoms with Crippen LogP contribution < -0.4 is 15.4 Å². The Kier molecular flexibility index (Phi) is 4.73. The third kappa shape index (κ3) is 3.88. The first-order valence-electron chi connectivity index (χ1n) is 7.55. The van der Waals surface area contributed by atoms with Gasteiger partial charge in [0.1, 0.15) is 11.8 Å². The average molecular weight is 318 g/mol. The molecular formula is C17H22N2O4. The number of ether oxygens (including phenoxy) is 1. The van der Waals surface area contributed by atoms with Crippen LogP contribution in [-0.4, -0.2) is 30.9 Å². The fourth-order valence-electron chi connectivity index (χ4n) is 2.41. The molecular weight excluding hydrogens is 296 g/mol. The summed E-state index contributed by atoms with van der Waals surface area (Å²) in [6, 6.07) is 4.70. The van der Waals surface area contributed by atoms with Crippen molar-refractivity contribution in [3.63, 3.8) is 0 Å². The first kappa shape index (κ1) is 17.0. The number of nitrogens with one attached hydrogen (secondary N) is 2. The Balaban J connectivity index is 2.19. The van der Waals surface area contributed by atoms with Crippen LogP contribution in [0.25, 0.3) is 0 Å². The van der Waals surface area contributed by atoms with Crippen LogP contribution in [0.4, 0.5) is 0 Å². The SMILES string of the molecule is COc1cc(C(C)(C)C)ccc1C(=O)NC1CCC(=O)NC1=O. The van der Waals surface area contributed by atoms with Gasteiger partial charge in [0.2, 0.25) is 11.8 Å². The van der Waals surface area contributed by atoms with Gasteiger partial charge in [-0.15, -0.1) is 0 Å². The van der Waals surface area contributed by atoms with Crippen LogP contribution in [0.15, 0.2) is 18.2 Å². The molecule has 2 N–H and O–H groups in total. The molecule has 6 heteroatoms. The molecule has 3 amide bonds. The predicted octanol–water partition coefficient (Wildman–Crippen LogP) is 1.53. The normalized spacial score (nSPS) is 18.3. The van der Waals surface area contributed by atoms with Crippen molar-refractivity contribution < 1.29 is 19.1 Å². The van der Waals surface area contributed by atoms with Gasteiger partial charge in [0, 0.05) is 6.42 Å². The Hall–Kier alpha value is -2.37. The van der Waals surface area contributed by atoms with Crippen molar-refractivity contribution in [2.45, 2.75) is 45.1 Å². The number of hydrogen-bond donors (Lipinski definition) is 2. The number of rotatable bonds is 3. The van der Waals surface area contributed by atoms with Gasteiger partial charge in [0.05, 0.1) is 12.7 Å². The van der Waals surface area contributed by atoms with Crippen molar-refractivity contribution in [1.29, 1.82) is 0 Å². The van der Waals surface area contributed by atoms with Crippen molar-refractivity contribution in [2.75, 3.05) is 7.11 Å². The number of hydrogen-bond acceptors (Lipinski definition) is 4. The van der Waals surface area contributed by atoms with E-state index in [-0.39, 0.29) is 17.7 Å². The van der Waals surface area contributed by atoms with Gasteiger partial charge in [-0.1, -0.05) is 26.8 Å². The summed E-state index contributed by atoms with van der Waals surface area (Å²) in [5.41, 5.74) is 1.35. The molecule has 1 aromatic rings. The average Bonchev–Trinajstić information content (AvgIpc) is 2.48. The molecule has 1 heterocycles. The molecule has 0 aliphatic carbocycles. The number of carbonyl (C=O) groups is 3. The van der Waals surface area contributed by atoms with E-state index in [1.807, 2.05) is 12.1 Å². The highest BCUT2D eigenvalue weighted by Gasteiger charge is 2.29. The molecule has 1 saturated heterocycles. The predicted molar refractivity (Wildman–Crippen MR) is 85.3 cm³/mol. The van der Waals surface area contributed by atoms with Crippen LogP contribution >= 0.6 is 0 Å². The summed E-state index contributed by atoms with van der Waals surface area (Å²) >= 11 is 0. The van der Waals surface area contributed by atoms with Crippen molar-refractivity contribution in [2.24, 2.45) is 0 Å². The molecule has 1 atom stereocenters. The number of carbonyl (C=O) groups excluding carboxylic acids is 3. The molecule has 0 saturated carbocycles. The molecule has 1 unspecified atom stereocenters. The third-order valence-electron chi connectivity index (χ3n) is 3.86. The van der Waals surface area contributed by atoms with Gasteiger partial charge in [0.25, 0.3) is 5.91 Å². The van der Waals surface area contributed by atoms with Crippen LogP contribution in [0.1, 0.15) is 49.5 Å². The molecule has 1 aliphatic heterocycles. The smallest absolute Gasteiger partial charge is 0.255 e. The lowest BCUT2D eigenvalue weighted by atomic mass is 9.86. The van der Waals surface area contributed by atoms with Crippen molar-refractivity contribution >= 4 is 17.7 Å². The fourth-order valence-corrected chi connectivity index (χ4v) is 2.41. The molecule has 124 valence electrons. The summed E-state index contributed by atoms with van der Waals surface area (Å²) in [6.07, 6.45) is 0.523. The summed E-state index contributed by atoms with van der Waals surface area (Å²) in [4.78, 5) is 35.3. The molecule has 0 spiro atoms. The van der Waals surface area contributed by atoms with Gasteiger partial charge >= 0.3 is 0 Å². The molecule has 2 rings (SSSR count). The van der Waals surface area contributed by atoms with Crippen LogP contribution in [0.5, 0.6) is 5.75 Å². The topological polar surface area (TPSA) is 84.5 Å². The first-order valence-corrected chi connectivity index (χ1v) is 7.55. The Morgan fingerprint density at radius 1 is 1.30 bits per heavy atom. The lowest BCUT2D eigenvalue weighted by molar-refractivity contribution is -0.134. The Bertz CT molecular complexity index is 646. The maximum atomic E-state index is 12.4. The highest BCUT2D eigenvalue weighted by Crippen LogP contribution is 2.28. The second kappa shape index (κ2) is 6.40.